The van der Waals surface area contributed by atoms with Crippen LogP contribution in [0.1, 0.15) is 27.5 Å². The molecule has 1 aliphatic heterocycles. The highest BCUT2D eigenvalue weighted by atomic mass is 16.6. The molecule has 5 nitrogen and oxygen atoms in total. The summed E-state index contributed by atoms with van der Waals surface area (Å²) in [6.07, 6.45) is 0. The topological polar surface area (TPSA) is 71.4 Å². The van der Waals surface area contributed by atoms with E-state index < -0.39 is 6.04 Å². The third-order valence-electron chi connectivity index (χ3n) is 3.71. The van der Waals surface area contributed by atoms with Gasteiger partial charge in [-0.05, 0) is 30.2 Å². The van der Waals surface area contributed by atoms with Gasteiger partial charge in [0.1, 0.15) is 19.3 Å². The number of hydrogen-bond acceptors (Lipinski definition) is 4. The van der Waals surface area contributed by atoms with Crippen LogP contribution in [-0.2, 0) is 0 Å². The zero-order chi connectivity index (χ0) is 16.2. The summed E-state index contributed by atoms with van der Waals surface area (Å²) in [5.74, 6) is 0.619. The van der Waals surface area contributed by atoms with E-state index in [-0.39, 0.29) is 5.91 Å². The summed E-state index contributed by atoms with van der Waals surface area (Å²) in [5.41, 5.74) is 2.11. The molecule has 2 aromatic carbocycles. The highest BCUT2D eigenvalue weighted by molar-refractivity contribution is 5.98. The van der Waals surface area contributed by atoms with E-state index in [1.54, 1.807) is 18.2 Å². The van der Waals surface area contributed by atoms with Crippen molar-refractivity contribution in [2.24, 2.45) is 0 Å². The minimum Gasteiger partial charge on any atom is -0.486 e. The molecule has 23 heavy (non-hydrogen) atoms. The van der Waals surface area contributed by atoms with Crippen molar-refractivity contribution in [3.05, 3.63) is 59.2 Å². The number of aryl methyl sites for hydroxylation is 1. The first-order valence-corrected chi connectivity index (χ1v) is 7.35. The Morgan fingerprint density at radius 3 is 2.74 bits per heavy atom. The van der Waals surface area contributed by atoms with Crippen LogP contribution in [0.4, 0.5) is 0 Å². The van der Waals surface area contributed by atoms with Gasteiger partial charge in [0.05, 0.1) is 11.6 Å². The summed E-state index contributed by atoms with van der Waals surface area (Å²) in [6, 6.07) is 14.1. The fourth-order valence-electron chi connectivity index (χ4n) is 2.55. The average Bonchev–Trinajstić information content (AvgIpc) is 2.59. The molecular formula is C18H16N2O3. The predicted molar refractivity (Wildman–Crippen MR) is 84.4 cm³/mol. The highest BCUT2D eigenvalue weighted by Crippen LogP contribution is 2.33. The van der Waals surface area contributed by atoms with E-state index in [1.165, 1.54) is 0 Å². The lowest BCUT2D eigenvalue weighted by molar-refractivity contribution is 0.0934. The van der Waals surface area contributed by atoms with Crippen molar-refractivity contribution in [1.29, 1.82) is 5.26 Å². The second kappa shape index (κ2) is 6.41. The number of nitriles is 1. The lowest BCUT2D eigenvalue weighted by Crippen LogP contribution is -2.29. The molecule has 0 saturated carbocycles. The molecule has 0 bridgehead atoms. The summed E-state index contributed by atoms with van der Waals surface area (Å²) in [6.45, 7) is 2.77. The molecular weight excluding hydrogens is 292 g/mol. The Kier molecular flexibility index (Phi) is 4.15. The van der Waals surface area contributed by atoms with Crippen molar-refractivity contribution in [2.45, 2.75) is 13.0 Å². The van der Waals surface area contributed by atoms with Crippen molar-refractivity contribution in [3.8, 4) is 17.6 Å². The van der Waals surface area contributed by atoms with Crippen molar-refractivity contribution in [1.82, 2.24) is 5.32 Å². The van der Waals surface area contributed by atoms with Crippen molar-refractivity contribution >= 4 is 5.91 Å². The number of ether oxygens (including phenoxy) is 2. The molecule has 116 valence electrons. The first-order chi connectivity index (χ1) is 11.2. The first-order valence-electron chi connectivity index (χ1n) is 7.35. The lowest BCUT2D eigenvalue weighted by Gasteiger charge is -2.21. The second-order valence-corrected chi connectivity index (χ2v) is 5.22. The normalized spacial score (nSPS) is 13.7. The van der Waals surface area contributed by atoms with Crippen LogP contribution < -0.4 is 14.8 Å². The summed E-state index contributed by atoms with van der Waals surface area (Å²) >= 11 is 0. The molecule has 0 aromatic heterocycles. The van der Waals surface area contributed by atoms with Gasteiger partial charge in [0, 0.05) is 0 Å². The monoisotopic (exact) mass is 308 g/mol. The standard InChI is InChI=1S/C18H16N2O3/c1-12-5-2-3-6-13(12)15(11-19)20-18(21)14-7-4-8-16-17(14)23-10-9-22-16/h2-8,15H,9-10H2,1H3,(H,20,21)/t15-/m1/s1. The van der Waals surface area contributed by atoms with Crippen LogP contribution in [-0.4, -0.2) is 19.1 Å². The molecule has 1 amide bonds. The molecule has 0 spiro atoms. The minimum absolute atomic E-state index is 0.359. The third kappa shape index (κ3) is 2.97. The highest BCUT2D eigenvalue weighted by Gasteiger charge is 2.23. The van der Waals surface area contributed by atoms with Gasteiger partial charge in [0.2, 0.25) is 0 Å². The van der Waals surface area contributed by atoms with E-state index in [1.807, 2.05) is 31.2 Å². The molecule has 0 radical (unpaired) electrons. The van der Waals surface area contributed by atoms with Gasteiger partial charge >= 0.3 is 0 Å². The van der Waals surface area contributed by atoms with Crippen molar-refractivity contribution in [2.75, 3.05) is 13.2 Å². The van der Waals surface area contributed by atoms with Gasteiger partial charge in [-0.2, -0.15) is 5.26 Å². The second-order valence-electron chi connectivity index (χ2n) is 5.22. The summed E-state index contributed by atoms with van der Waals surface area (Å²) in [4.78, 5) is 12.6. The Hall–Kier alpha value is -3.00. The Bertz CT molecular complexity index is 780. The largest absolute Gasteiger partial charge is 0.486 e. The van der Waals surface area contributed by atoms with Crippen LogP contribution in [0, 0.1) is 18.3 Å². The number of para-hydroxylation sites is 1. The van der Waals surface area contributed by atoms with E-state index in [0.29, 0.717) is 30.3 Å². The SMILES string of the molecule is Cc1ccccc1[C@@H](C#N)NC(=O)c1cccc2c1OCCO2. The fraction of sp³-hybridized carbons (Fsp3) is 0.222. The summed E-state index contributed by atoms with van der Waals surface area (Å²) in [7, 11) is 0. The lowest BCUT2D eigenvalue weighted by atomic mass is 10.0. The van der Waals surface area contributed by atoms with Crippen LogP contribution in [0.3, 0.4) is 0 Å². The van der Waals surface area contributed by atoms with E-state index >= 15 is 0 Å². The van der Waals surface area contributed by atoms with Crippen LogP contribution in [0.5, 0.6) is 11.5 Å². The van der Waals surface area contributed by atoms with Gasteiger partial charge in [-0.1, -0.05) is 30.3 Å². The molecule has 5 heteroatoms. The maximum atomic E-state index is 12.6. The number of benzene rings is 2. The molecule has 0 aliphatic carbocycles. The fourth-order valence-corrected chi connectivity index (χ4v) is 2.55. The number of nitrogens with zero attached hydrogens (tertiary/aromatic N) is 1. The van der Waals surface area contributed by atoms with E-state index in [0.717, 1.165) is 11.1 Å². The third-order valence-corrected chi connectivity index (χ3v) is 3.71. The Morgan fingerprint density at radius 1 is 1.17 bits per heavy atom. The van der Waals surface area contributed by atoms with E-state index in [9.17, 15) is 10.1 Å². The van der Waals surface area contributed by atoms with Gasteiger partial charge in [0.15, 0.2) is 11.5 Å². The molecule has 0 unspecified atom stereocenters. The van der Waals surface area contributed by atoms with Crippen LogP contribution >= 0.6 is 0 Å². The Morgan fingerprint density at radius 2 is 1.96 bits per heavy atom. The number of hydrogen-bond donors (Lipinski definition) is 1. The summed E-state index contributed by atoms with van der Waals surface area (Å²) in [5, 5.41) is 12.2. The number of carbonyl (C=O) groups is 1. The van der Waals surface area contributed by atoms with E-state index in [4.69, 9.17) is 9.47 Å². The maximum Gasteiger partial charge on any atom is 0.256 e. The molecule has 3 rings (SSSR count). The maximum absolute atomic E-state index is 12.6. The predicted octanol–water partition coefficient (Wildman–Crippen LogP) is 2.76. The smallest absolute Gasteiger partial charge is 0.256 e. The minimum atomic E-state index is -0.718. The van der Waals surface area contributed by atoms with Crippen LogP contribution in [0.15, 0.2) is 42.5 Å². The molecule has 1 aliphatic rings. The van der Waals surface area contributed by atoms with Crippen LogP contribution in [0.25, 0.3) is 0 Å². The summed E-state index contributed by atoms with van der Waals surface area (Å²) < 4.78 is 11.0. The number of nitrogens with one attached hydrogen (secondary N) is 1. The molecule has 1 atom stereocenters. The molecule has 2 aromatic rings. The van der Waals surface area contributed by atoms with Gasteiger partial charge in [-0.25, -0.2) is 0 Å². The average molecular weight is 308 g/mol. The number of carbonyl (C=O) groups excluding carboxylic acids is 1. The first kappa shape index (κ1) is 14.9. The van der Waals surface area contributed by atoms with Gasteiger partial charge < -0.3 is 14.8 Å². The molecule has 1 N–H and O–H groups in total. The van der Waals surface area contributed by atoms with Crippen molar-refractivity contribution in [3.63, 3.8) is 0 Å². The van der Waals surface area contributed by atoms with Crippen molar-refractivity contribution < 1.29 is 14.3 Å². The molecule has 0 fully saturated rings. The number of rotatable bonds is 3. The van der Waals surface area contributed by atoms with Gasteiger partial charge in [-0.15, -0.1) is 0 Å². The Labute approximate surface area is 134 Å². The number of amides is 1. The van der Waals surface area contributed by atoms with E-state index in [2.05, 4.69) is 11.4 Å². The number of fused-ring (bicyclic) bond motifs is 1. The molecule has 1 heterocycles. The van der Waals surface area contributed by atoms with Gasteiger partial charge in [-0.3, -0.25) is 4.79 Å². The quantitative estimate of drug-likeness (QED) is 0.946. The van der Waals surface area contributed by atoms with Gasteiger partial charge in [0.25, 0.3) is 5.91 Å². The van der Waals surface area contributed by atoms with Crippen LogP contribution in [0.2, 0.25) is 0 Å². The zero-order valence-corrected chi connectivity index (χ0v) is 12.7. The molecule has 0 saturated heterocycles. The zero-order valence-electron chi connectivity index (χ0n) is 12.7. The Balaban J connectivity index is 1.87.